The maximum absolute atomic E-state index is 13.0. The molecule has 0 atom stereocenters. The van der Waals surface area contributed by atoms with Crippen LogP contribution in [0.1, 0.15) is 43.0 Å². The van der Waals surface area contributed by atoms with E-state index >= 15 is 0 Å². The topological polar surface area (TPSA) is 55.0 Å². The van der Waals surface area contributed by atoms with Crippen LogP contribution in [0.25, 0.3) is 0 Å². The standard InChI is InChI=1S/C16H19FN2O2S/c1-3-5-6-13-18-14(16(20)21-4-2)15(19-13)22-12-9-7-11(17)8-10-12/h7-10H,3-6H2,1-2H3,(H,18,19). The Morgan fingerprint density at radius 1 is 1.32 bits per heavy atom. The van der Waals surface area contributed by atoms with Crippen LogP contribution < -0.4 is 0 Å². The number of benzene rings is 1. The molecule has 0 fully saturated rings. The Balaban J connectivity index is 2.24. The molecule has 2 aromatic rings. The Bertz CT molecular complexity index is 626. The largest absolute Gasteiger partial charge is 0.461 e. The highest BCUT2D eigenvalue weighted by molar-refractivity contribution is 7.99. The number of ether oxygens (including phenoxy) is 1. The quantitative estimate of drug-likeness (QED) is 0.776. The Labute approximate surface area is 133 Å². The molecule has 0 saturated carbocycles. The van der Waals surface area contributed by atoms with Crippen LogP contribution in [-0.2, 0) is 11.2 Å². The van der Waals surface area contributed by atoms with Gasteiger partial charge in [0.15, 0.2) is 5.69 Å². The number of aromatic nitrogens is 2. The summed E-state index contributed by atoms with van der Waals surface area (Å²) in [6, 6.07) is 6.10. The summed E-state index contributed by atoms with van der Waals surface area (Å²) in [5.74, 6) is 0.0671. The number of carbonyl (C=O) groups excluding carboxylic acids is 1. The van der Waals surface area contributed by atoms with E-state index in [4.69, 9.17) is 4.74 Å². The van der Waals surface area contributed by atoms with Crippen LogP contribution in [0.3, 0.4) is 0 Å². The van der Waals surface area contributed by atoms with Crippen LogP contribution in [0.15, 0.2) is 34.2 Å². The Hall–Kier alpha value is -1.82. The van der Waals surface area contributed by atoms with E-state index in [9.17, 15) is 9.18 Å². The lowest BCUT2D eigenvalue weighted by Crippen LogP contribution is -2.06. The van der Waals surface area contributed by atoms with Gasteiger partial charge >= 0.3 is 5.97 Å². The van der Waals surface area contributed by atoms with Crippen LogP contribution in [0.2, 0.25) is 0 Å². The molecule has 0 unspecified atom stereocenters. The molecule has 4 nitrogen and oxygen atoms in total. The minimum absolute atomic E-state index is 0.291. The van der Waals surface area contributed by atoms with Gasteiger partial charge in [0, 0.05) is 11.3 Å². The lowest BCUT2D eigenvalue weighted by atomic mass is 10.2. The molecule has 0 bridgehead atoms. The van der Waals surface area contributed by atoms with E-state index in [0.29, 0.717) is 17.3 Å². The molecule has 118 valence electrons. The van der Waals surface area contributed by atoms with Gasteiger partial charge in [-0.15, -0.1) is 0 Å². The Morgan fingerprint density at radius 3 is 2.68 bits per heavy atom. The average molecular weight is 322 g/mol. The number of halogens is 1. The first-order chi connectivity index (χ1) is 10.6. The molecule has 1 heterocycles. The number of aryl methyl sites for hydroxylation is 1. The summed E-state index contributed by atoms with van der Waals surface area (Å²) < 4.78 is 18.0. The molecule has 1 aromatic carbocycles. The Morgan fingerprint density at radius 2 is 2.05 bits per heavy atom. The third kappa shape index (κ3) is 4.34. The van der Waals surface area contributed by atoms with Gasteiger partial charge in [-0.2, -0.15) is 0 Å². The number of imidazole rings is 1. The molecule has 0 aliphatic carbocycles. The number of unbranched alkanes of at least 4 members (excludes halogenated alkanes) is 1. The maximum Gasteiger partial charge on any atom is 0.357 e. The molecular weight excluding hydrogens is 303 g/mol. The zero-order chi connectivity index (χ0) is 15.9. The summed E-state index contributed by atoms with van der Waals surface area (Å²) in [5.41, 5.74) is 0.363. The molecule has 0 amide bonds. The molecule has 1 aromatic heterocycles. The van der Waals surface area contributed by atoms with Crippen molar-refractivity contribution in [2.45, 2.75) is 43.0 Å². The molecule has 0 saturated heterocycles. The molecule has 2 rings (SSSR count). The SMILES string of the molecule is CCCCc1nc(Sc2ccc(F)cc2)c(C(=O)OCC)[nH]1. The van der Waals surface area contributed by atoms with Crippen molar-refractivity contribution in [2.75, 3.05) is 6.61 Å². The predicted molar refractivity (Wildman–Crippen MR) is 83.7 cm³/mol. The lowest BCUT2D eigenvalue weighted by molar-refractivity contribution is 0.0515. The fourth-order valence-corrected chi connectivity index (χ4v) is 2.78. The van der Waals surface area contributed by atoms with E-state index in [0.717, 1.165) is 30.0 Å². The van der Waals surface area contributed by atoms with Crippen LogP contribution >= 0.6 is 11.8 Å². The van der Waals surface area contributed by atoms with E-state index in [1.165, 1.54) is 23.9 Å². The molecule has 22 heavy (non-hydrogen) atoms. The van der Waals surface area contributed by atoms with Crippen molar-refractivity contribution in [1.29, 1.82) is 0 Å². The van der Waals surface area contributed by atoms with Gasteiger partial charge in [-0.3, -0.25) is 0 Å². The summed E-state index contributed by atoms with van der Waals surface area (Å²) in [7, 11) is 0. The number of hydrogen-bond donors (Lipinski definition) is 1. The van der Waals surface area contributed by atoms with Crippen LogP contribution in [0, 0.1) is 5.82 Å². The molecule has 0 aliphatic heterocycles. The molecule has 0 spiro atoms. The number of esters is 1. The fourth-order valence-electron chi connectivity index (χ4n) is 1.90. The molecule has 0 aliphatic rings. The zero-order valence-corrected chi connectivity index (χ0v) is 13.5. The van der Waals surface area contributed by atoms with E-state index in [2.05, 4.69) is 16.9 Å². The second-order valence-electron chi connectivity index (χ2n) is 4.74. The van der Waals surface area contributed by atoms with E-state index in [1.54, 1.807) is 19.1 Å². The second-order valence-corrected chi connectivity index (χ2v) is 5.81. The third-order valence-electron chi connectivity index (χ3n) is 2.99. The predicted octanol–water partition coefficient (Wildman–Crippen LogP) is 4.22. The Kier molecular flexibility index (Phi) is 6.00. The van der Waals surface area contributed by atoms with Crippen LogP contribution in [0.4, 0.5) is 4.39 Å². The van der Waals surface area contributed by atoms with Crippen LogP contribution in [-0.4, -0.2) is 22.5 Å². The average Bonchev–Trinajstić information content (AvgIpc) is 2.91. The summed E-state index contributed by atoms with van der Waals surface area (Å²) >= 11 is 1.32. The van der Waals surface area contributed by atoms with Gasteiger partial charge in [0.1, 0.15) is 16.7 Å². The number of aromatic amines is 1. The summed E-state index contributed by atoms with van der Waals surface area (Å²) in [4.78, 5) is 20.4. The van der Waals surface area contributed by atoms with Gasteiger partial charge in [0.2, 0.25) is 0 Å². The van der Waals surface area contributed by atoms with Crippen molar-refractivity contribution in [1.82, 2.24) is 9.97 Å². The van der Waals surface area contributed by atoms with Crippen molar-refractivity contribution in [2.24, 2.45) is 0 Å². The summed E-state index contributed by atoms with van der Waals surface area (Å²) in [6.45, 7) is 4.17. The van der Waals surface area contributed by atoms with Crippen molar-refractivity contribution < 1.29 is 13.9 Å². The van der Waals surface area contributed by atoms with E-state index in [1.807, 2.05) is 0 Å². The molecule has 1 N–H and O–H groups in total. The first kappa shape index (κ1) is 16.5. The highest BCUT2D eigenvalue weighted by Gasteiger charge is 2.19. The van der Waals surface area contributed by atoms with Gasteiger partial charge in [-0.1, -0.05) is 25.1 Å². The maximum atomic E-state index is 13.0. The first-order valence-electron chi connectivity index (χ1n) is 7.33. The number of carbonyl (C=O) groups is 1. The van der Waals surface area contributed by atoms with Gasteiger partial charge < -0.3 is 9.72 Å². The third-order valence-corrected chi connectivity index (χ3v) is 3.99. The first-order valence-corrected chi connectivity index (χ1v) is 8.15. The number of hydrogen-bond acceptors (Lipinski definition) is 4. The molecule has 6 heteroatoms. The fraction of sp³-hybridized carbons (Fsp3) is 0.375. The number of nitrogens with zero attached hydrogens (tertiary/aromatic N) is 1. The highest BCUT2D eigenvalue weighted by atomic mass is 32.2. The van der Waals surface area contributed by atoms with Crippen molar-refractivity contribution >= 4 is 17.7 Å². The van der Waals surface area contributed by atoms with Gasteiger partial charge in [-0.25, -0.2) is 14.2 Å². The summed E-state index contributed by atoms with van der Waals surface area (Å²) in [5, 5.41) is 0.566. The molecular formula is C16H19FN2O2S. The van der Waals surface area contributed by atoms with Crippen molar-refractivity contribution in [3.8, 4) is 0 Å². The van der Waals surface area contributed by atoms with Crippen molar-refractivity contribution in [3.05, 3.63) is 41.6 Å². The number of rotatable bonds is 7. The van der Waals surface area contributed by atoms with Gasteiger partial charge in [-0.05, 0) is 37.6 Å². The van der Waals surface area contributed by atoms with Gasteiger partial charge in [0.05, 0.1) is 6.61 Å². The lowest BCUT2D eigenvalue weighted by Gasteiger charge is -2.02. The van der Waals surface area contributed by atoms with Crippen molar-refractivity contribution in [3.63, 3.8) is 0 Å². The highest BCUT2D eigenvalue weighted by Crippen LogP contribution is 2.29. The monoisotopic (exact) mass is 322 g/mol. The van der Waals surface area contributed by atoms with E-state index < -0.39 is 5.97 Å². The summed E-state index contributed by atoms with van der Waals surface area (Å²) in [6.07, 6.45) is 2.83. The second kappa shape index (κ2) is 7.98. The van der Waals surface area contributed by atoms with E-state index in [-0.39, 0.29) is 5.82 Å². The minimum atomic E-state index is -0.414. The van der Waals surface area contributed by atoms with Crippen LogP contribution in [0.5, 0.6) is 0 Å². The van der Waals surface area contributed by atoms with Gasteiger partial charge in [0.25, 0.3) is 0 Å². The number of nitrogens with one attached hydrogen (secondary N) is 1. The molecule has 0 radical (unpaired) electrons. The minimum Gasteiger partial charge on any atom is -0.461 e. The zero-order valence-electron chi connectivity index (χ0n) is 12.7. The number of H-pyrrole nitrogens is 1. The smallest absolute Gasteiger partial charge is 0.357 e. The normalized spacial score (nSPS) is 10.7.